The summed E-state index contributed by atoms with van der Waals surface area (Å²) in [5.74, 6) is -1.16. The topological polar surface area (TPSA) is 44.0 Å². The zero-order valence-electron chi connectivity index (χ0n) is 9.37. The van der Waals surface area contributed by atoms with Crippen LogP contribution in [0.5, 0.6) is 0 Å². The SMILES string of the molecule is O=C([O-])c1cccc(-[n+]2csc3ccccc32)c1. The van der Waals surface area contributed by atoms with Crippen LogP contribution in [0.3, 0.4) is 0 Å². The van der Waals surface area contributed by atoms with E-state index in [9.17, 15) is 9.90 Å². The largest absolute Gasteiger partial charge is 0.545 e. The van der Waals surface area contributed by atoms with Gasteiger partial charge in [-0.25, -0.2) is 0 Å². The van der Waals surface area contributed by atoms with Gasteiger partial charge in [0.15, 0.2) is 0 Å². The van der Waals surface area contributed by atoms with E-state index in [1.54, 1.807) is 23.5 Å². The van der Waals surface area contributed by atoms with E-state index < -0.39 is 5.97 Å². The van der Waals surface area contributed by atoms with Gasteiger partial charge in [0.05, 0.1) is 5.97 Å². The number of nitrogens with zero attached hydrogens (tertiary/aromatic N) is 1. The highest BCUT2D eigenvalue weighted by Crippen LogP contribution is 2.17. The molecule has 0 atom stereocenters. The van der Waals surface area contributed by atoms with Crippen molar-refractivity contribution in [3.05, 3.63) is 59.6 Å². The third kappa shape index (κ3) is 1.76. The fraction of sp³-hybridized carbons (Fsp3) is 0. The minimum absolute atomic E-state index is 0.190. The summed E-state index contributed by atoms with van der Waals surface area (Å²) in [6.45, 7) is 0. The van der Waals surface area contributed by atoms with Crippen molar-refractivity contribution < 1.29 is 14.5 Å². The van der Waals surface area contributed by atoms with Gasteiger partial charge in [-0.1, -0.05) is 35.6 Å². The summed E-state index contributed by atoms with van der Waals surface area (Å²) in [5.41, 5.74) is 4.06. The molecular formula is C14H9NO2S. The maximum atomic E-state index is 10.9. The quantitative estimate of drug-likeness (QED) is 0.652. The lowest BCUT2D eigenvalue weighted by Gasteiger charge is -2.01. The smallest absolute Gasteiger partial charge is 0.231 e. The van der Waals surface area contributed by atoms with E-state index in [0.29, 0.717) is 0 Å². The fourth-order valence-electron chi connectivity index (χ4n) is 1.90. The Morgan fingerprint density at radius 2 is 1.94 bits per heavy atom. The number of para-hydroxylation sites is 1. The van der Waals surface area contributed by atoms with E-state index in [4.69, 9.17) is 0 Å². The molecule has 3 rings (SSSR count). The van der Waals surface area contributed by atoms with Crippen molar-refractivity contribution in [3.8, 4) is 5.69 Å². The molecule has 18 heavy (non-hydrogen) atoms. The van der Waals surface area contributed by atoms with Gasteiger partial charge in [-0.3, -0.25) is 0 Å². The first kappa shape index (κ1) is 10.9. The molecule has 1 aromatic heterocycles. The Balaban J connectivity index is 2.20. The second-order valence-electron chi connectivity index (χ2n) is 3.90. The first-order valence-electron chi connectivity index (χ1n) is 5.45. The van der Waals surface area contributed by atoms with Gasteiger partial charge in [0, 0.05) is 23.8 Å². The van der Waals surface area contributed by atoms with Crippen LogP contribution in [0, 0.1) is 0 Å². The van der Waals surface area contributed by atoms with Crippen molar-refractivity contribution in [3.63, 3.8) is 0 Å². The molecule has 0 saturated carbocycles. The molecule has 0 amide bonds. The number of rotatable bonds is 2. The Bertz CT molecular complexity index is 733. The molecule has 4 heteroatoms. The number of hydrogen-bond donors (Lipinski definition) is 0. The molecule has 0 fully saturated rings. The summed E-state index contributed by atoms with van der Waals surface area (Å²) in [6, 6.07) is 14.8. The summed E-state index contributed by atoms with van der Waals surface area (Å²) in [7, 11) is 0. The highest BCUT2D eigenvalue weighted by atomic mass is 32.1. The number of carbonyl (C=O) groups excluding carboxylic acids is 1. The lowest BCUT2D eigenvalue weighted by Crippen LogP contribution is -2.29. The molecular weight excluding hydrogens is 246 g/mol. The summed E-state index contributed by atoms with van der Waals surface area (Å²) >= 11 is 1.62. The lowest BCUT2D eigenvalue weighted by atomic mass is 10.2. The second-order valence-corrected chi connectivity index (χ2v) is 4.79. The predicted octanol–water partition coefficient (Wildman–Crippen LogP) is 1.54. The van der Waals surface area contributed by atoms with E-state index >= 15 is 0 Å². The number of benzene rings is 2. The maximum Gasteiger partial charge on any atom is 0.231 e. The molecule has 0 aliphatic heterocycles. The first-order valence-corrected chi connectivity index (χ1v) is 6.33. The average Bonchev–Trinajstić information content (AvgIpc) is 2.82. The van der Waals surface area contributed by atoms with Gasteiger partial charge in [0.2, 0.25) is 16.7 Å². The number of carboxylic acids is 1. The van der Waals surface area contributed by atoms with E-state index in [1.807, 2.05) is 40.4 Å². The number of aromatic nitrogens is 1. The van der Waals surface area contributed by atoms with Crippen LogP contribution in [-0.4, -0.2) is 5.97 Å². The van der Waals surface area contributed by atoms with Crippen LogP contribution in [0.2, 0.25) is 0 Å². The van der Waals surface area contributed by atoms with E-state index in [1.165, 1.54) is 6.07 Å². The number of thiazole rings is 1. The molecule has 0 radical (unpaired) electrons. The lowest BCUT2D eigenvalue weighted by molar-refractivity contribution is -0.562. The third-order valence-electron chi connectivity index (χ3n) is 2.77. The van der Waals surface area contributed by atoms with Gasteiger partial charge in [-0.05, 0) is 6.07 Å². The molecule has 0 aliphatic carbocycles. The number of hydrogen-bond acceptors (Lipinski definition) is 3. The predicted molar refractivity (Wildman–Crippen MR) is 67.7 cm³/mol. The number of fused-ring (bicyclic) bond motifs is 1. The van der Waals surface area contributed by atoms with Gasteiger partial charge in [-0.2, -0.15) is 0 Å². The molecule has 88 valence electrons. The van der Waals surface area contributed by atoms with Crippen LogP contribution in [0.1, 0.15) is 10.4 Å². The Morgan fingerprint density at radius 3 is 2.78 bits per heavy atom. The van der Waals surface area contributed by atoms with Gasteiger partial charge in [0.1, 0.15) is 4.70 Å². The second kappa shape index (κ2) is 4.23. The summed E-state index contributed by atoms with van der Waals surface area (Å²) in [5, 5.41) is 10.9. The van der Waals surface area contributed by atoms with Crippen LogP contribution in [-0.2, 0) is 0 Å². The van der Waals surface area contributed by atoms with Crippen LogP contribution in [0.25, 0.3) is 15.9 Å². The summed E-state index contributed by atoms with van der Waals surface area (Å²) in [6.07, 6.45) is 0. The van der Waals surface area contributed by atoms with Crippen LogP contribution in [0.15, 0.2) is 54.0 Å². The molecule has 0 saturated heterocycles. The number of carbonyl (C=O) groups is 1. The molecule has 0 unspecified atom stereocenters. The molecule has 2 aromatic carbocycles. The van der Waals surface area contributed by atoms with Crippen molar-refractivity contribution in [1.29, 1.82) is 0 Å². The zero-order valence-corrected chi connectivity index (χ0v) is 10.2. The minimum atomic E-state index is -1.16. The highest BCUT2D eigenvalue weighted by Gasteiger charge is 2.14. The monoisotopic (exact) mass is 255 g/mol. The van der Waals surface area contributed by atoms with E-state index in [-0.39, 0.29) is 5.56 Å². The first-order chi connectivity index (χ1) is 8.75. The van der Waals surface area contributed by atoms with Crippen LogP contribution >= 0.6 is 11.3 Å². The van der Waals surface area contributed by atoms with Crippen molar-refractivity contribution >= 4 is 27.5 Å². The van der Waals surface area contributed by atoms with Crippen molar-refractivity contribution in [2.75, 3.05) is 0 Å². The molecule has 3 nitrogen and oxygen atoms in total. The Morgan fingerprint density at radius 1 is 1.11 bits per heavy atom. The zero-order chi connectivity index (χ0) is 12.5. The Hall–Kier alpha value is -2.20. The normalized spacial score (nSPS) is 10.7. The Kier molecular flexibility index (Phi) is 2.57. The van der Waals surface area contributed by atoms with Gasteiger partial charge < -0.3 is 9.90 Å². The molecule has 0 spiro atoms. The van der Waals surface area contributed by atoms with Gasteiger partial charge in [-0.15, -0.1) is 4.57 Å². The molecule has 0 bridgehead atoms. The highest BCUT2D eigenvalue weighted by molar-refractivity contribution is 7.16. The number of aromatic carboxylic acids is 1. The fourth-order valence-corrected chi connectivity index (χ4v) is 2.80. The minimum Gasteiger partial charge on any atom is -0.545 e. The molecule has 3 aromatic rings. The summed E-state index contributed by atoms with van der Waals surface area (Å²) < 4.78 is 3.14. The standard InChI is InChI=1S/C14H9NO2S/c16-14(17)10-4-3-5-11(8-10)15-9-18-13-7-2-1-6-12(13)15/h1-9H. The molecule has 0 N–H and O–H groups in total. The van der Waals surface area contributed by atoms with Crippen molar-refractivity contribution in [1.82, 2.24) is 0 Å². The number of carboxylic acid groups (broad SMARTS) is 1. The van der Waals surface area contributed by atoms with E-state index in [0.717, 1.165) is 15.9 Å². The van der Waals surface area contributed by atoms with Crippen molar-refractivity contribution in [2.45, 2.75) is 0 Å². The summed E-state index contributed by atoms with van der Waals surface area (Å²) in [4.78, 5) is 10.9. The van der Waals surface area contributed by atoms with Gasteiger partial charge in [0.25, 0.3) is 0 Å². The van der Waals surface area contributed by atoms with Gasteiger partial charge >= 0.3 is 0 Å². The van der Waals surface area contributed by atoms with E-state index in [2.05, 4.69) is 0 Å². The van der Waals surface area contributed by atoms with Crippen LogP contribution in [0.4, 0.5) is 0 Å². The Labute approximate surface area is 108 Å². The van der Waals surface area contributed by atoms with Crippen LogP contribution < -0.4 is 9.67 Å². The average molecular weight is 255 g/mol. The van der Waals surface area contributed by atoms with Crippen molar-refractivity contribution in [2.24, 2.45) is 0 Å². The molecule has 1 heterocycles. The third-order valence-corrected chi connectivity index (χ3v) is 3.69. The maximum absolute atomic E-state index is 10.9. The molecule has 0 aliphatic rings.